The summed E-state index contributed by atoms with van der Waals surface area (Å²) in [6, 6.07) is 5.25. The number of aryl methyl sites for hydroxylation is 1. The Hall–Kier alpha value is -1.03. The van der Waals surface area contributed by atoms with Crippen molar-refractivity contribution in [3.63, 3.8) is 0 Å². The van der Waals surface area contributed by atoms with Gasteiger partial charge in [0, 0.05) is 0 Å². The van der Waals surface area contributed by atoms with Crippen molar-refractivity contribution in [3.8, 4) is 0 Å². The summed E-state index contributed by atoms with van der Waals surface area (Å²) in [6.07, 6.45) is 3.65. The molecular weight excluding hydrogens is 246 g/mol. The van der Waals surface area contributed by atoms with E-state index in [1.54, 1.807) is 12.1 Å². The monoisotopic (exact) mass is 267 g/mol. The van der Waals surface area contributed by atoms with Crippen LogP contribution in [0.25, 0.3) is 0 Å². The number of para-hydroxylation sites is 1. The first kappa shape index (κ1) is 13.4. The lowest BCUT2D eigenvalue weighted by Crippen LogP contribution is -2.28. The maximum absolute atomic E-state index is 12.6. The van der Waals surface area contributed by atoms with Gasteiger partial charge in [-0.1, -0.05) is 31.9 Å². The smallest absolute Gasteiger partial charge is 0.183 e. The van der Waals surface area contributed by atoms with Gasteiger partial charge in [0.15, 0.2) is 9.84 Å². The summed E-state index contributed by atoms with van der Waals surface area (Å²) in [5.41, 5.74) is 7.18. The summed E-state index contributed by atoms with van der Waals surface area (Å²) in [6.45, 7) is 3.97. The van der Waals surface area contributed by atoms with Gasteiger partial charge in [-0.15, -0.1) is 0 Å². The Balaban J connectivity index is 2.39. The molecule has 1 saturated carbocycles. The minimum absolute atomic E-state index is 0.259. The van der Waals surface area contributed by atoms with Crippen LogP contribution in [-0.4, -0.2) is 13.7 Å². The van der Waals surface area contributed by atoms with Crippen LogP contribution in [0.3, 0.4) is 0 Å². The van der Waals surface area contributed by atoms with Gasteiger partial charge in [-0.05, 0) is 37.3 Å². The Labute approximate surface area is 109 Å². The molecule has 100 valence electrons. The predicted molar refractivity (Wildman–Crippen MR) is 74.2 cm³/mol. The highest BCUT2D eigenvalue weighted by molar-refractivity contribution is 7.92. The van der Waals surface area contributed by atoms with Crippen LogP contribution < -0.4 is 5.73 Å². The molecule has 2 rings (SSSR count). The molecule has 3 nitrogen and oxygen atoms in total. The molecule has 2 N–H and O–H groups in total. The number of rotatable bonds is 2. The third-order valence-corrected chi connectivity index (χ3v) is 6.19. The fourth-order valence-corrected chi connectivity index (χ4v) is 4.90. The molecule has 0 aliphatic heterocycles. The van der Waals surface area contributed by atoms with Crippen molar-refractivity contribution in [1.82, 2.24) is 0 Å². The standard InChI is InChI=1S/C14H21NO2S/c1-10-5-3-7-12(9-10)18(16,17)13-8-4-6-11(2)14(13)15/h4,6,8,10,12H,3,5,7,9,15H2,1-2H3. The average Bonchev–Trinajstić information content (AvgIpc) is 2.32. The zero-order valence-corrected chi connectivity index (χ0v) is 11.8. The van der Waals surface area contributed by atoms with Gasteiger partial charge in [0.05, 0.1) is 15.8 Å². The van der Waals surface area contributed by atoms with E-state index in [1.165, 1.54) is 0 Å². The summed E-state index contributed by atoms with van der Waals surface area (Å²) in [5.74, 6) is 0.490. The molecule has 0 spiro atoms. The highest BCUT2D eigenvalue weighted by Crippen LogP contribution is 2.34. The van der Waals surface area contributed by atoms with Gasteiger partial charge >= 0.3 is 0 Å². The van der Waals surface area contributed by atoms with E-state index in [2.05, 4.69) is 6.92 Å². The molecule has 2 unspecified atom stereocenters. The van der Waals surface area contributed by atoms with Crippen LogP contribution in [0.4, 0.5) is 5.69 Å². The van der Waals surface area contributed by atoms with Crippen molar-refractivity contribution in [2.75, 3.05) is 5.73 Å². The highest BCUT2D eigenvalue weighted by atomic mass is 32.2. The van der Waals surface area contributed by atoms with E-state index in [0.29, 0.717) is 16.5 Å². The Morgan fingerprint density at radius 1 is 1.28 bits per heavy atom. The quantitative estimate of drug-likeness (QED) is 0.838. The van der Waals surface area contributed by atoms with Gasteiger partial charge < -0.3 is 5.73 Å². The third kappa shape index (κ3) is 2.39. The molecule has 1 aromatic rings. The maximum Gasteiger partial charge on any atom is 0.183 e. The first-order valence-electron chi connectivity index (χ1n) is 6.52. The first-order valence-corrected chi connectivity index (χ1v) is 8.06. The lowest BCUT2D eigenvalue weighted by atomic mass is 9.91. The molecule has 18 heavy (non-hydrogen) atoms. The summed E-state index contributed by atoms with van der Waals surface area (Å²) in [4.78, 5) is 0.321. The number of hydrogen-bond acceptors (Lipinski definition) is 3. The van der Waals surface area contributed by atoms with Gasteiger partial charge in [-0.2, -0.15) is 0 Å². The maximum atomic E-state index is 12.6. The normalized spacial score (nSPS) is 25.0. The fourth-order valence-electron chi connectivity index (χ4n) is 2.74. The molecule has 0 radical (unpaired) electrons. The zero-order valence-electron chi connectivity index (χ0n) is 11.0. The first-order chi connectivity index (χ1) is 8.43. The second kappa shape index (κ2) is 4.92. The number of sulfone groups is 1. The Morgan fingerprint density at radius 3 is 2.67 bits per heavy atom. The van der Waals surface area contributed by atoms with Crippen LogP contribution in [0.15, 0.2) is 23.1 Å². The van der Waals surface area contributed by atoms with Crippen molar-refractivity contribution in [2.24, 2.45) is 5.92 Å². The van der Waals surface area contributed by atoms with E-state index in [-0.39, 0.29) is 5.25 Å². The van der Waals surface area contributed by atoms with E-state index in [4.69, 9.17) is 5.73 Å². The lowest BCUT2D eigenvalue weighted by Gasteiger charge is -2.27. The van der Waals surface area contributed by atoms with Crippen LogP contribution in [0, 0.1) is 12.8 Å². The molecule has 4 heteroatoms. The van der Waals surface area contributed by atoms with Crippen molar-refractivity contribution in [3.05, 3.63) is 23.8 Å². The van der Waals surface area contributed by atoms with Crippen molar-refractivity contribution < 1.29 is 8.42 Å². The van der Waals surface area contributed by atoms with E-state index in [9.17, 15) is 8.42 Å². The molecule has 1 aromatic carbocycles. The molecule has 0 heterocycles. The van der Waals surface area contributed by atoms with E-state index < -0.39 is 9.84 Å². The average molecular weight is 267 g/mol. The van der Waals surface area contributed by atoms with Crippen molar-refractivity contribution in [2.45, 2.75) is 49.7 Å². The minimum atomic E-state index is -3.27. The lowest BCUT2D eigenvalue weighted by molar-refractivity contribution is 0.382. The molecule has 2 atom stereocenters. The number of anilines is 1. The number of benzene rings is 1. The summed E-state index contributed by atoms with van der Waals surface area (Å²) in [5, 5.41) is -0.259. The Morgan fingerprint density at radius 2 is 2.00 bits per heavy atom. The second-order valence-electron chi connectivity index (χ2n) is 5.43. The van der Waals surface area contributed by atoms with E-state index in [1.807, 2.05) is 13.0 Å². The van der Waals surface area contributed by atoms with E-state index in [0.717, 1.165) is 31.2 Å². The molecule has 0 saturated heterocycles. The van der Waals surface area contributed by atoms with Gasteiger partial charge in [0.1, 0.15) is 0 Å². The van der Waals surface area contributed by atoms with Crippen molar-refractivity contribution in [1.29, 1.82) is 0 Å². The molecule has 1 aliphatic rings. The third-order valence-electron chi connectivity index (χ3n) is 3.92. The summed E-state index contributed by atoms with van der Waals surface area (Å²) >= 11 is 0. The molecule has 1 aliphatic carbocycles. The van der Waals surface area contributed by atoms with Crippen LogP contribution in [0.2, 0.25) is 0 Å². The fraction of sp³-hybridized carbons (Fsp3) is 0.571. The number of nitrogen functional groups attached to an aromatic ring is 1. The summed E-state index contributed by atoms with van der Waals surface area (Å²) < 4.78 is 25.3. The topological polar surface area (TPSA) is 60.2 Å². The largest absolute Gasteiger partial charge is 0.397 e. The van der Waals surface area contributed by atoms with Crippen LogP contribution in [0.1, 0.15) is 38.2 Å². The van der Waals surface area contributed by atoms with Gasteiger partial charge in [-0.25, -0.2) is 8.42 Å². The molecule has 0 amide bonds. The van der Waals surface area contributed by atoms with Gasteiger partial charge in [0.2, 0.25) is 0 Å². The molecule has 0 bridgehead atoms. The molecule has 0 aromatic heterocycles. The zero-order chi connectivity index (χ0) is 13.3. The highest BCUT2D eigenvalue weighted by Gasteiger charge is 2.32. The number of hydrogen-bond donors (Lipinski definition) is 1. The van der Waals surface area contributed by atoms with Crippen LogP contribution >= 0.6 is 0 Å². The van der Waals surface area contributed by atoms with Crippen LogP contribution in [-0.2, 0) is 9.84 Å². The Bertz CT molecular complexity index is 537. The predicted octanol–water partition coefficient (Wildman–Crippen LogP) is 2.93. The minimum Gasteiger partial charge on any atom is -0.397 e. The number of nitrogens with two attached hydrogens (primary N) is 1. The molecule has 1 fully saturated rings. The van der Waals surface area contributed by atoms with E-state index >= 15 is 0 Å². The van der Waals surface area contributed by atoms with Gasteiger partial charge in [-0.3, -0.25) is 0 Å². The molecular formula is C14H21NO2S. The van der Waals surface area contributed by atoms with Crippen LogP contribution in [0.5, 0.6) is 0 Å². The van der Waals surface area contributed by atoms with Crippen molar-refractivity contribution >= 4 is 15.5 Å². The van der Waals surface area contributed by atoms with Gasteiger partial charge in [0.25, 0.3) is 0 Å². The Kier molecular flexibility index (Phi) is 3.66. The second-order valence-corrected chi connectivity index (χ2v) is 7.62. The summed E-state index contributed by atoms with van der Waals surface area (Å²) in [7, 11) is -3.27. The SMILES string of the molecule is Cc1cccc(S(=O)(=O)C2CCCC(C)C2)c1N.